The normalized spacial score (nSPS) is 18.2. The van der Waals surface area contributed by atoms with Crippen LogP contribution in [0, 0.1) is 17.6 Å². The van der Waals surface area contributed by atoms with E-state index in [9.17, 15) is 18.4 Å². The number of carbonyl (C=O) groups excluding carboxylic acids is 2. The lowest BCUT2D eigenvalue weighted by Gasteiger charge is -2.32. The van der Waals surface area contributed by atoms with Crippen LogP contribution in [-0.2, 0) is 9.59 Å². The van der Waals surface area contributed by atoms with Crippen LogP contribution in [0.2, 0.25) is 0 Å². The van der Waals surface area contributed by atoms with E-state index in [1.54, 1.807) is 4.90 Å². The third-order valence-corrected chi connectivity index (χ3v) is 3.89. The molecule has 0 aliphatic carbocycles. The lowest BCUT2D eigenvalue weighted by molar-refractivity contribution is -0.132. The quantitative estimate of drug-likeness (QED) is 0.861. The van der Waals surface area contributed by atoms with Gasteiger partial charge in [0.25, 0.3) is 0 Å². The van der Waals surface area contributed by atoms with Gasteiger partial charge in [0.05, 0.1) is 0 Å². The molecule has 1 fully saturated rings. The molecule has 1 saturated heterocycles. The van der Waals surface area contributed by atoms with Crippen molar-refractivity contribution in [1.29, 1.82) is 0 Å². The highest BCUT2D eigenvalue weighted by molar-refractivity contribution is 5.97. The zero-order valence-electron chi connectivity index (χ0n) is 12.8. The van der Waals surface area contributed by atoms with E-state index >= 15 is 0 Å². The molecule has 2 rings (SSSR count). The summed E-state index contributed by atoms with van der Waals surface area (Å²) in [5, 5.41) is 0. The minimum Gasteiger partial charge on any atom is -0.341 e. The minimum absolute atomic E-state index is 0.288. The zero-order chi connectivity index (χ0) is 16.3. The van der Waals surface area contributed by atoms with Crippen LogP contribution in [0.1, 0.15) is 26.7 Å². The molecule has 2 amide bonds. The fraction of sp³-hybridized carbons (Fsp3) is 0.500. The van der Waals surface area contributed by atoms with E-state index in [1.165, 1.54) is 13.0 Å². The van der Waals surface area contributed by atoms with Crippen LogP contribution < -0.4 is 4.90 Å². The standard InChI is InChI=1S/C16H20F2N2O2/c1-11-5-4-8-19(9-11)15(22)10-20(12(2)21)16-13(17)6-3-7-14(16)18/h3,6-7,11H,4-5,8-10H2,1-2H3. The number of halogens is 2. The highest BCUT2D eigenvalue weighted by Crippen LogP contribution is 2.24. The Morgan fingerprint density at radius 2 is 1.95 bits per heavy atom. The van der Waals surface area contributed by atoms with Crippen molar-refractivity contribution >= 4 is 17.5 Å². The molecule has 0 radical (unpaired) electrons. The van der Waals surface area contributed by atoms with E-state index in [4.69, 9.17) is 0 Å². The average Bonchev–Trinajstić information content (AvgIpc) is 2.45. The predicted octanol–water partition coefficient (Wildman–Crippen LogP) is 2.58. The Balaban J connectivity index is 2.19. The van der Waals surface area contributed by atoms with Crippen molar-refractivity contribution in [3.8, 4) is 0 Å². The van der Waals surface area contributed by atoms with E-state index in [2.05, 4.69) is 6.92 Å². The van der Waals surface area contributed by atoms with Crippen molar-refractivity contribution in [2.24, 2.45) is 5.92 Å². The Morgan fingerprint density at radius 3 is 2.50 bits per heavy atom. The van der Waals surface area contributed by atoms with Crippen LogP contribution in [0.15, 0.2) is 18.2 Å². The number of piperidine rings is 1. The maximum Gasteiger partial charge on any atom is 0.242 e. The molecular formula is C16H20F2N2O2. The van der Waals surface area contributed by atoms with Gasteiger partial charge in [-0.1, -0.05) is 13.0 Å². The number of anilines is 1. The van der Waals surface area contributed by atoms with Gasteiger partial charge in [0.15, 0.2) is 0 Å². The number of benzene rings is 1. The van der Waals surface area contributed by atoms with Gasteiger partial charge in [0, 0.05) is 20.0 Å². The fourth-order valence-electron chi connectivity index (χ4n) is 2.75. The molecule has 120 valence electrons. The first-order chi connectivity index (χ1) is 10.4. The Morgan fingerprint density at radius 1 is 1.32 bits per heavy atom. The Labute approximate surface area is 128 Å². The molecule has 0 N–H and O–H groups in total. The molecule has 0 aromatic heterocycles. The fourth-order valence-corrected chi connectivity index (χ4v) is 2.75. The Hall–Kier alpha value is -1.98. The van der Waals surface area contributed by atoms with Crippen molar-refractivity contribution in [1.82, 2.24) is 4.90 Å². The van der Waals surface area contributed by atoms with Gasteiger partial charge >= 0.3 is 0 Å². The average molecular weight is 310 g/mol. The van der Waals surface area contributed by atoms with Crippen molar-refractivity contribution in [2.45, 2.75) is 26.7 Å². The third-order valence-electron chi connectivity index (χ3n) is 3.89. The number of nitrogens with zero attached hydrogens (tertiary/aromatic N) is 2. The summed E-state index contributed by atoms with van der Waals surface area (Å²) < 4.78 is 27.7. The minimum atomic E-state index is -0.852. The summed E-state index contributed by atoms with van der Waals surface area (Å²) in [7, 11) is 0. The predicted molar refractivity (Wildman–Crippen MR) is 79.4 cm³/mol. The summed E-state index contributed by atoms with van der Waals surface area (Å²) in [6.45, 7) is 4.13. The molecule has 0 saturated carbocycles. The lowest BCUT2D eigenvalue weighted by atomic mass is 10.0. The van der Waals surface area contributed by atoms with Crippen LogP contribution in [0.25, 0.3) is 0 Å². The van der Waals surface area contributed by atoms with Crippen LogP contribution in [-0.4, -0.2) is 36.3 Å². The molecular weight excluding hydrogens is 290 g/mol. The summed E-state index contributed by atoms with van der Waals surface area (Å²) in [6, 6.07) is 3.37. The van der Waals surface area contributed by atoms with E-state index in [-0.39, 0.29) is 12.5 Å². The molecule has 1 aliphatic heterocycles. The van der Waals surface area contributed by atoms with Crippen LogP contribution in [0.4, 0.5) is 14.5 Å². The third kappa shape index (κ3) is 3.61. The lowest BCUT2D eigenvalue weighted by Crippen LogP contribution is -2.46. The number of hydrogen-bond donors (Lipinski definition) is 0. The zero-order valence-corrected chi connectivity index (χ0v) is 12.8. The van der Waals surface area contributed by atoms with Gasteiger partial charge in [0.1, 0.15) is 23.9 Å². The van der Waals surface area contributed by atoms with Crippen molar-refractivity contribution in [3.63, 3.8) is 0 Å². The smallest absolute Gasteiger partial charge is 0.242 e. The molecule has 6 heteroatoms. The molecule has 1 atom stereocenters. The molecule has 1 aromatic carbocycles. The largest absolute Gasteiger partial charge is 0.341 e. The number of likely N-dealkylation sites (tertiary alicyclic amines) is 1. The maximum atomic E-state index is 13.9. The summed E-state index contributed by atoms with van der Waals surface area (Å²) in [5.74, 6) is -2.16. The number of hydrogen-bond acceptors (Lipinski definition) is 2. The Bertz CT molecular complexity index is 557. The summed E-state index contributed by atoms with van der Waals surface area (Å²) >= 11 is 0. The number of amides is 2. The molecule has 0 bridgehead atoms. The maximum absolute atomic E-state index is 13.9. The van der Waals surface area contributed by atoms with Crippen LogP contribution >= 0.6 is 0 Å². The molecule has 1 unspecified atom stereocenters. The molecule has 1 heterocycles. The summed E-state index contributed by atoms with van der Waals surface area (Å²) in [4.78, 5) is 26.6. The monoisotopic (exact) mass is 310 g/mol. The second-order valence-corrected chi connectivity index (χ2v) is 5.76. The van der Waals surface area contributed by atoms with Gasteiger partial charge in [0.2, 0.25) is 11.8 Å². The first kappa shape index (κ1) is 16.4. The van der Waals surface area contributed by atoms with Gasteiger partial charge in [-0.2, -0.15) is 0 Å². The van der Waals surface area contributed by atoms with Gasteiger partial charge < -0.3 is 4.90 Å². The number of para-hydroxylation sites is 1. The van der Waals surface area contributed by atoms with E-state index in [0.29, 0.717) is 19.0 Å². The van der Waals surface area contributed by atoms with E-state index < -0.39 is 23.2 Å². The highest BCUT2D eigenvalue weighted by atomic mass is 19.1. The molecule has 4 nitrogen and oxygen atoms in total. The van der Waals surface area contributed by atoms with E-state index in [0.717, 1.165) is 29.9 Å². The van der Waals surface area contributed by atoms with Gasteiger partial charge in [-0.15, -0.1) is 0 Å². The van der Waals surface area contributed by atoms with Crippen LogP contribution in [0.5, 0.6) is 0 Å². The van der Waals surface area contributed by atoms with Crippen molar-refractivity contribution in [2.75, 3.05) is 24.5 Å². The van der Waals surface area contributed by atoms with Gasteiger partial charge in [-0.25, -0.2) is 8.78 Å². The number of carbonyl (C=O) groups is 2. The molecule has 0 spiro atoms. The van der Waals surface area contributed by atoms with Crippen molar-refractivity contribution in [3.05, 3.63) is 29.8 Å². The van der Waals surface area contributed by atoms with Gasteiger partial charge in [-0.05, 0) is 30.9 Å². The molecule has 1 aliphatic rings. The Kier molecular flexibility index (Phi) is 5.11. The SMILES string of the molecule is CC(=O)N(CC(=O)N1CCCC(C)C1)c1c(F)cccc1F. The van der Waals surface area contributed by atoms with E-state index in [1.807, 2.05) is 0 Å². The highest BCUT2D eigenvalue weighted by Gasteiger charge is 2.27. The molecule has 1 aromatic rings. The first-order valence-corrected chi connectivity index (χ1v) is 7.40. The summed E-state index contributed by atoms with van der Waals surface area (Å²) in [6.07, 6.45) is 1.96. The second-order valence-electron chi connectivity index (χ2n) is 5.76. The second kappa shape index (κ2) is 6.85. The first-order valence-electron chi connectivity index (χ1n) is 7.40. The topological polar surface area (TPSA) is 40.6 Å². The molecule has 22 heavy (non-hydrogen) atoms. The number of rotatable bonds is 3. The summed E-state index contributed by atoms with van der Waals surface area (Å²) in [5.41, 5.74) is -0.464. The van der Waals surface area contributed by atoms with Crippen molar-refractivity contribution < 1.29 is 18.4 Å². The van der Waals surface area contributed by atoms with Crippen LogP contribution in [0.3, 0.4) is 0 Å². The van der Waals surface area contributed by atoms with Gasteiger partial charge in [-0.3, -0.25) is 14.5 Å².